The Hall–Kier alpha value is -1.84. The van der Waals surface area contributed by atoms with E-state index in [9.17, 15) is 0 Å². The van der Waals surface area contributed by atoms with Gasteiger partial charge in [-0.15, -0.1) is 0 Å². The van der Waals surface area contributed by atoms with Crippen molar-refractivity contribution in [1.82, 2.24) is 0 Å². The van der Waals surface area contributed by atoms with Crippen LogP contribution >= 0.6 is 0 Å². The van der Waals surface area contributed by atoms with E-state index in [2.05, 4.69) is 12.1 Å². The van der Waals surface area contributed by atoms with Gasteiger partial charge in [0, 0.05) is 12.0 Å². The smallest absolute Gasteiger partial charge is 0.127 e. The van der Waals surface area contributed by atoms with Gasteiger partial charge >= 0.3 is 0 Å². The van der Waals surface area contributed by atoms with Gasteiger partial charge in [-0.1, -0.05) is 30.3 Å². The number of ether oxygens (including phenoxy) is 2. The van der Waals surface area contributed by atoms with E-state index in [0.29, 0.717) is 19.1 Å². The molecule has 0 aliphatic carbocycles. The Bertz CT molecular complexity index is 524. The number of para-hydroxylation sites is 1. The van der Waals surface area contributed by atoms with Crippen molar-refractivity contribution in [2.24, 2.45) is 5.73 Å². The molecule has 0 amide bonds. The first-order valence-corrected chi connectivity index (χ1v) is 6.49. The summed E-state index contributed by atoms with van der Waals surface area (Å²) in [5.41, 5.74) is 7.23. The quantitative estimate of drug-likeness (QED) is 0.917. The van der Waals surface area contributed by atoms with E-state index in [1.54, 1.807) is 0 Å². The van der Waals surface area contributed by atoms with Crippen molar-refractivity contribution in [2.75, 3.05) is 13.2 Å². The Morgan fingerprint density at radius 2 is 1.58 bits per heavy atom. The molecule has 1 aliphatic rings. The number of rotatable bonds is 3. The fourth-order valence-electron chi connectivity index (χ4n) is 2.32. The zero-order valence-electron chi connectivity index (χ0n) is 10.7. The van der Waals surface area contributed by atoms with Crippen molar-refractivity contribution < 1.29 is 9.47 Å². The van der Waals surface area contributed by atoms with Crippen LogP contribution in [0.4, 0.5) is 0 Å². The van der Waals surface area contributed by atoms with E-state index < -0.39 is 0 Å². The Morgan fingerprint density at radius 3 is 2.21 bits per heavy atom. The van der Waals surface area contributed by atoms with Crippen LogP contribution in [0.3, 0.4) is 0 Å². The number of nitrogens with two attached hydrogens (primary N) is 1. The molecule has 2 aromatic rings. The molecule has 3 nitrogen and oxygen atoms in total. The van der Waals surface area contributed by atoms with Crippen molar-refractivity contribution in [3.8, 4) is 11.5 Å². The van der Waals surface area contributed by atoms with Crippen LogP contribution in [-0.2, 0) is 4.74 Å². The lowest BCUT2D eigenvalue weighted by Crippen LogP contribution is -2.26. The molecule has 19 heavy (non-hydrogen) atoms. The molecular weight excluding hydrogens is 238 g/mol. The molecular formula is C16H17NO2. The number of hydrogen-bond acceptors (Lipinski definition) is 3. The zero-order valence-corrected chi connectivity index (χ0v) is 10.7. The molecule has 1 aliphatic heterocycles. The molecule has 2 unspecified atom stereocenters. The molecule has 0 radical (unpaired) electrons. The SMILES string of the molecule is NC1COCC1c1ccc(Oc2ccccc2)cc1. The predicted octanol–water partition coefficient (Wildman–Crippen LogP) is 2.92. The average Bonchev–Trinajstić information content (AvgIpc) is 2.87. The highest BCUT2D eigenvalue weighted by molar-refractivity contribution is 5.34. The number of benzene rings is 2. The summed E-state index contributed by atoms with van der Waals surface area (Å²) < 4.78 is 11.2. The lowest BCUT2D eigenvalue weighted by atomic mass is 9.95. The standard InChI is InChI=1S/C16H17NO2/c17-16-11-18-10-15(16)12-6-8-14(9-7-12)19-13-4-2-1-3-5-13/h1-9,15-16H,10-11,17H2. The second-order valence-corrected chi connectivity index (χ2v) is 4.79. The summed E-state index contributed by atoms with van der Waals surface area (Å²) in [6.45, 7) is 1.35. The second-order valence-electron chi connectivity index (χ2n) is 4.79. The fraction of sp³-hybridized carbons (Fsp3) is 0.250. The predicted molar refractivity (Wildman–Crippen MR) is 74.5 cm³/mol. The van der Waals surface area contributed by atoms with Gasteiger partial charge in [-0.05, 0) is 29.8 Å². The highest BCUT2D eigenvalue weighted by Crippen LogP contribution is 2.27. The summed E-state index contributed by atoms with van der Waals surface area (Å²) in [7, 11) is 0. The van der Waals surface area contributed by atoms with Crippen molar-refractivity contribution in [2.45, 2.75) is 12.0 Å². The largest absolute Gasteiger partial charge is 0.457 e. The number of hydrogen-bond donors (Lipinski definition) is 1. The lowest BCUT2D eigenvalue weighted by molar-refractivity contribution is 0.191. The first kappa shape index (κ1) is 12.2. The maximum atomic E-state index is 6.02. The third kappa shape index (κ3) is 2.78. The van der Waals surface area contributed by atoms with Gasteiger partial charge in [0.2, 0.25) is 0 Å². The minimum Gasteiger partial charge on any atom is -0.457 e. The van der Waals surface area contributed by atoms with Crippen LogP contribution in [0.1, 0.15) is 11.5 Å². The van der Waals surface area contributed by atoms with Crippen molar-refractivity contribution in [3.63, 3.8) is 0 Å². The van der Waals surface area contributed by atoms with Crippen LogP contribution in [-0.4, -0.2) is 19.3 Å². The molecule has 2 N–H and O–H groups in total. The molecule has 0 spiro atoms. The van der Waals surface area contributed by atoms with Gasteiger partial charge in [0.25, 0.3) is 0 Å². The molecule has 0 bridgehead atoms. The summed E-state index contributed by atoms with van der Waals surface area (Å²) in [6, 6.07) is 18.0. The van der Waals surface area contributed by atoms with Gasteiger partial charge in [0.1, 0.15) is 11.5 Å². The molecule has 98 valence electrons. The summed E-state index contributed by atoms with van der Waals surface area (Å²) in [6.07, 6.45) is 0. The van der Waals surface area contributed by atoms with E-state index >= 15 is 0 Å². The van der Waals surface area contributed by atoms with Crippen LogP contribution < -0.4 is 10.5 Å². The highest BCUT2D eigenvalue weighted by atomic mass is 16.5. The Morgan fingerprint density at radius 1 is 0.895 bits per heavy atom. The Kier molecular flexibility index (Phi) is 3.49. The van der Waals surface area contributed by atoms with Gasteiger partial charge in [-0.2, -0.15) is 0 Å². The third-order valence-electron chi connectivity index (χ3n) is 3.41. The van der Waals surface area contributed by atoms with E-state index in [1.165, 1.54) is 5.56 Å². The molecule has 1 fully saturated rings. The fourth-order valence-corrected chi connectivity index (χ4v) is 2.32. The summed E-state index contributed by atoms with van der Waals surface area (Å²) in [5, 5.41) is 0. The minimum absolute atomic E-state index is 0.0980. The molecule has 2 aromatic carbocycles. The van der Waals surface area contributed by atoms with Crippen LogP contribution in [0.2, 0.25) is 0 Å². The lowest BCUT2D eigenvalue weighted by Gasteiger charge is -2.14. The van der Waals surface area contributed by atoms with Gasteiger partial charge in [-0.25, -0.2) is 0 Å². The second kappa shape index (κ2) is 5.43. The maximum Gasteiger partial charge on any atom is 0.127 e. The molecule has 1 heterocycles. The van der Waals surface area contributed by atoms with Crippen molar-refractivity contribution in [3.05, 3.63) is 60.2 Å². The van der Waals surface area contributed by atoms with Crippen LogP contribution in [0, 0.1) is 0 Å². The molecule has 0 saturated carbocycles. The topological polar surface area (TPSA) is 44.5 Å². The Labute approximate surface area is 113 Å². The first-order chi connectivity index (χ1) is 9.33. The monoisotopic (exact) mass is 255 g/mol. The third-order valence-corrected chi connectivity index (χ3v) is 3.41. The molecule has 3 heteroatoms. The van der Waals surface area contributed by atoms with Gasteiger partial charge in [-0.3, -0.25) is 0 Å². The van der Waals surface area contributed by atoms with Crippen LogP contribution in [0.5, 0.6) is 11.5 Å². The molecule has 0 aromatic heterocycles. The van der Waals surface area contributed by atoms with Gasteiger partial charge in [0.15, 0.2) is 0 Å². The molecule has 1 saturated heterocycles. The maximum absolute atomic E-state index is 6.02. The summed E-state index contributed by atoms with van der Waals surface area (Å²) in [4.78, 5) is 0. The summed E-state index contributed by atoms with van der Waals surface area (Å²) in [5.74, 6) is 1.98. The minimum atomic E-state index is 0.0980. The average molecular weight is 255 g/mol. The van der Waals surface area contributed by atoms with Crippen molar-refractivity contribution >= 4 is 0 Å². The van der Waals surface area contributed by atoms with Gasteiger partial charge in [0.05, 0.1) is 13.2 Å². The molecule has 3 rings (SSSR count). The van der Waals surface area contributed by atoms with E-state index in [0.717, 1.165) is 11.5 Å². The zero-order chi connectivity index (χ0) is 13.1. The van der Waals surface area contributed by atoms with Crippen LogP contribution in [0.15, 0.2) is 54.6 Å². The van der Waals surface area contributed by atoms with E-state index in [-0.39, 0.29) is 6.04 Å². The van der Waals surface area contributed by atoms with E-state index in [1.807, 2.05) is 42.5 Å². The van der Waals surface area contributed by atoms with E-state index in [4.69, 9.17) is 15.2 Å². The first-order valence-electron chi connectivity index (χ1n) is 6.49. The summed E-state index contributed by atoms with van der Waals surface area (Å²) >= 11 is 0. The van der Waals surface area contributed by atoms with Crippen molar-refractivity contribution in [1.29, 1.82) is 0 Å². The van der Waals surface area contributed by atoms with Gasteiger partial charge < -0.3 is 15.2 Å². The normalized spacial score (nSPS) is 22.4. The Balaban J connectivity index is 1.72. The van der Waals surface area contributed by atoms with Crippen LogP contribution in [0.25, 0.3) is 0 Å². The molecule has 2 atom stereocenters. The highest BCUT2D eigenvalue weighted by Gasteiger charge is 2.26.